The second kappa shape index (κ2) is 13.8. The fourth-order valence-electron chi connectivity index (χ4n) is 5.37. The number of halogens is 1. The van der Waals surface area contributed by atoms with Gasteiger partial charge in [-0.15, -0.1) is 5.10 Å². The standard InChI is InChI=1S/C30H35FN4O6/c1-39-25-10-7-11-26(40-2)30(25)24-16-27(33-35(24)22-14-12-21(31)13-15-22)34(19-36)23(20-8-5-4-6-9-20)17-28(37)32-18-29(38)41-3/h7,10-16,19-20,23H,4-6,8-9,17-18H2,1-3H3,(H,32,37). The first kappa shape index (κ1) is 29.6. The zero-order valence-electron chi connectivity index (χ0n) is 23.5. The number of nitrogens with one attached hydrogen (secondary N) is 1. The van der Waals surface area contributed by atoms with Crippen LogP contribution >= 0.6 is 0 Å². The van der Waals surface area contributed by atoms with Crippen molar-refractivity contribution in [3.63, 3.8) is 0 Å². The molecule has 0 spiro atoms. The maximum Gasteiger partial charge on any atom is 0.325 e. The third-order valence-corrected chi connectivity index (χ3v) is 7.43. The molecule has 1 atom stereocenters. The van der Waals surface area contributed by atoms with Gasteiger partial charge in [-0.1, -0.05) is 25.3 Å². The van der Waals surface area contributed by atoms with Gasteiger partial charge in [0.2, 0.25) is 12.3 Å². The van der Waals surface area contributed by atoms with E-state index in [9.17, 15) is 18.8 Å². The van der Waals surface area contributed by atoms with Crippen molar-refractivity contribution in [2.24, 2.45) is 5.92 Å². The third kappa shape index (κ3) is 6.85. The second-order valence-electron chi connectivity index (χ2n) is 9.85. The lowest BCUT2D eigenvalue weighted by Gasteiger charge is -2.35. The van der Waals surface area contributed by atoms with Crippen molar-refractivity contribution in [3.8, 4) is 28.4 Å². The molecule has 1 unspecified atom stereocenters. The summed E-state index contributed by atoms with van der Waals surface area (Å²) in [5.41, 5.74) is 1.69. The van der Waals surface area contributed by atoms with Crippen LogP contribution in [0.2, 0.25) is 0 Å². The molecule has 3 aromatic rings. The minimum Gasteiger partial charge on any atom is -0.496 e. The molecule has 0 aliphatic heterocycles. The van der Waals surface area contributed by atoms with Gasteiger partial charge >= 0.3 is 5.97 Å². The predicted octanol–water partition coefficient (Wildman–Crippen LogP) is 4.29. The zero-order chi connectivity index (χ0) is 29.4. The number of anilines is 1. The quantitative estimate of drug-likeness (QED) is 0.257. The lowest BCUT2D eigenvalue weighted by atomic mass is 9.82. The molecule has 1 fully saturated rings. The number of aromatic nitrogens is 2. The van der Waals surface area contributed by atoms with Crippen LogP contribution < -0.4 is 19.7 Å². The van der Waals surface area contributed by atoms with Crippen molar-refractivity contribution in [1.29, 1.82) is 0 Å². The van der Waals surface area contributed by atoms with Crippen molar-refractivity contribution in [2.75, 3.05) is 32.8 Å². The van der Waals surface area contributed by atoms with E-state index >= 15 is 0 Å². The summed E-state index contributed by atoms with van der Waals surface area (Å²) >= 11 is 0. The Morgan fingerprint density at radius 1 is 1.07 bits per heavy atom. The van der Waals surface area contributed by atoms with Crippen LogP contribution in [0.15, 0.2) is 48.5 Å². The van der Waals surface area contributed by atoms with Crippen LogP contribution in [0.1, 0.15) is 38.5 Å². The number of nitrogens with zero attached hydrogens (tertiary/aromatic N) is 3. The van der Waals surface area contributed by atoms with E-state index in [0.29, 0.717) is 40.7 Å². The largest absolute Gasteiger partial charge is 0.496 e. The fourth-order valence-corrected chi connectivity index (χ4v) is 5.37. The lowest BCUT2D eigenvalue weighted by Crippen LogP contribution is -2.45. The molecule has 1 aromatic heterocycles. The molecule has 10 nitrogen and oxygen atoms in total. The summed E-state index contributed by atoms with van der Waals surface area (Å²) in [4.78, 5) is 38.7. The average Bonchev–Trinajstić information content (AvgIpc) is 3.44. The molecular weight excluding hydrogens is 531 g/mol. The SMILES string of the molecule is COC(=O)CNC(=O)CC(C1CCCCC1)N(C=O)c1cc(-c2c(OC)cccc2OC)n(-c2ccc(F)cc2)n1. The Kier molecular flexibility index (Phi) is 9.94. The normalized spacial score (nSPS) is 14.1. The van der Waals surface area contributed by atoms with Crippen LogP contribution in [0.5, 0.6) is 11.5 Å². The molecule has 1 aliphatic carbocycles. The van der Waals surface area contributed by atoms with E-state index in [1.165, 1.54) is 24.1 Å². The number of benzene rings is 2. The van der Waals surface area contributed by atoms with Gasteiger partial charge in [0.05, 0.1) is 38.3 Å². The van der Waals surface area contributed by atoms with E-state index in [4.69, 9.17) is 14.6 Å². The summed E-state index contributed by atoms with van der Waals surface area (Å²) < 4.78 is 31.3. The molecule has 0 saturated heterocycles. The average molecular weight is 567 g/mol. The number of amides is 2. The molecule has 4 rings (SSSR count). The van der Waals surface area contributed by atoms with Gasteiger partial charge < -0.3 is 19.5 Å². The van der Waals surface area contributed by atoms with Crippen molar-refractivity contribution in [2.45, 2.75) is 44.6 Å². The molecule has 1 saturated carbocycles. The Morgan fingerprint density at radius 3 is 2.32 bits per heavy atom. The van der Waals surface area contributed by atoms with Crippen molar-refractivity contribution < 1.29 is 33.0 Å². The molecule has 0 bridgehead atoms. The summed E-state index contributed by atoms with van der Waals surface area (Å²) in [7, 11) is 4.34. The van der Waals surface area contributed by atoms with Crippen LogP contribution in [-0.2, 0) is 19.1 Å². The molecule has 1 heterocycles. The van der Waals surface area contributed by atoms with E-state index in [-0.39, 0.29) is 24.8 Å². The van der Waals surface area contributed by atoms with Crippen molar-refractivity contribution in [3.05, 3.63) is 54.3 Å². The fraction of sp³-hybridized carbons (Fsp3) is 0.400. The van der Waals surface area contributed by atoms with E-state index in [1.54, 1.807) is 55.3 Å². The monoisotopic (exact) mass is 566 g/mol. The van der Waals surface area contributed by atoms with Gasteiger partial charge in [-0.2, -0.15) is 0 Å². The number of carbonyl (C=O) groups is 3. The van der Waals surface area contributed by atoms with E-state index < -0.39 is 17.8 Å². The van der Waals surface area contributed by atoms with Gasteiger partial charge in [0, 0.05) is 18.5 Å². The topological polar surface area (TPSA) is 112 Å². The molecule has 1 aliphatic rings. The predicted molar refractivity (Wildman–Crippen MR) is 151 cm³/mol. The van der Waals surface area contributed by atoms with Crippen LogP contribution in [0.3, 0.4) is 0 Å². The summed E-state index contributed by atoms with van der Waals surface area (Å²) in [6, 6.07) is 12.4. The van der Waals surface area contributed by atoms with Gasteiger partial charge in [-0.3, -0.25) is 19.3 Å². The van der Waals surface area contributed by atoms with Crippen LogP contribution in [0.4, 0.5) is 10.2 Å². The molecule has 41 heavy (non-hydrogen) atoms. The minimum absolute atomic E-state index is 0.0167. The number of rotatable bonds is 12. The summed E-state index contributed by atoms with van der Waals surface area (Å²) in [5, 5.41) is 7.38. The Labute approximate surface area is 238 Å². The molecule has 2 aromatic carbocycles. The maximum absolute atomic E-state index is 13.8. The third-order valence-electron chi connectivity index (χ3n) is 7.43. The first-order chi connectivity index (χ1) is 19.9. The van der Waals surface area contributed by atoms with Gasteiger partial charge in [-0.25, -0.2) is 9.07 Å². The highest BCUT2D eigenvalue weighted by molar-refractivity contribution is 5.85. The number of carbonyl (C=O) groups excluding carboxylic acids is 3. The number of ether oxygens (including phenoxy) is 3. The summed E-state index contributed by atoms with van der Waals surface area (Å²) in [6.07, 6.45) is 5.45. The van der Waals surface area contributed by atoms with E-state index in [1.807, 2.05) is 0 Å². The molecular formula is C30H35FN4O6. The number of hydrogen-bond donors (Lipinski definition) is 1. The number of esters is 1. The van der Waals surface area contributed by atoms with Crippen LogP contribution in [0.25, 0.3) is 16.9 Å². The highest BCUT2D eigenvalue weighted by Gasteiger charge is 2.33. The highest BCUT2D eigenvalue weighted by atomic mass is 19.1. The first-order valence-corrected chi connectivity index (χ1v) is 13.5. The highest BCUT2D eigenvalue weighted by Crippen LogP contribution is 2.41. The minimum atomic E-state index is -0.562. The zero-order valence-corrected chi connectivity index (χ0v) is 23.5. The first-order valence-electron chi connectivity index (χ1n) is 13.5. The smallest absolute Gasteiger partial charge is 0.325 e. The van der Waals surface area contributed by atoms with Gasteiger partial charge in [0.15, 0.2) is 5.82 Å². The molecule has 218 valence electrons. The second-order valence-corrected chi connectivity index (χ2v) is 9.85. The van der Waals surface area contributed by atoms with Crippen molar-refractivity contribution >= 4 is 24.1 Å². The van der Waals surface area contributed by atoms with Gasteiger partial charge in [0.25, 0.3) is 0 Å². The Hall–Kier alpha value is -4.41. The Bertz CT molecular complexity index is 1330. The van der Waals surface area contributed by atoms with Crippen molar-refractivity contribution in [1.82, 2.24) is 15.1 Å². The lowest BCUT2D eigenvalue weighted by molar-refractivity contribution is -0.141. The molecule has 11 heteroatoms. The maximum atomic E-state index is 13.8. The Balaban J connectivity index is 1.81. The van der Waals surface area contributed by atoms with Gasteiger partial charge in [0.1, 0.15) is 23.9 Å². The van der Waals surface area contributed by atoms with Crippen LogP contribution in [0, 0.1) is 11.7 Å². The number of hydrogen-bond acceptors (Lipinski definition) is 7. The van der Waals surface area contributed by atoms with E-state index in [0.717, 1.165) is 32.1 Å². The summed E-state index contributed by atoms with van der Waals surface area (Å²) in [5.74, 6) is 0.0606. The molecule has 1 N–H and O–H groups in total. The molecule has 0 radical (unpaired) electrons. The van der Waals surface area contributed by atoms with Crippen LogP contribution in [-0.4, -0.2) is 62.0 Å². The number of methoxy groups -OCH3 is 3. The van der Waals surface area contributed by atoms with E-state index in [2.05, 4.69) is 10.1 Å². The van der Waals surface area contributed by atoms with Gasteiger partial charge in [-0.05, 0) is 55.2 Å². The molecule has 2 amide bonds. The summed E-state index contributed by atoms with van der Waals surface area (Å²) in [6.45, 7) is -0.259. The Morgan fingerprint density at radius 2 is 1.73 bits per heavy atom.